The Morgan fingerprint density at radius 1 is 1.27 bits per heavy atom. The molecular formula is C12H23N3. The second kappa shape index (κ2) is 6.81. The van der Waals surface area contributed by atoms with Gasteiger partial charge in [0.25, 0.3) is 0 Å². The van der Waals surface area contributed by atoms with Crippen LogP contribution in [-0.2, 0) is 0 Å². The van der Waals surface area contributed by atoms with Gasteiger partial charge in [-0.1, -0.05) is 0 Å². The van der Waals surface area contributed by atoms with Gasteiger partial charge in [-0.3, -0.25) is 0 Å². The van der Waals surface area contributed by atoms with E-state index in [9.17, 15) is 0 Å². The third-order valence-electron chi connectivity index (χ3n) is 3.41. The Bertz CT molecular complexity index is 201. The summed E-state index contributed by atoms with van der Waals surface area (Å²) in [6, 6.07) is 3.36. The summed E-state index contributed by atoms with van der Waals surface area (Å²) in [5.74, 6) is 0. The highest BCUT2D eigenvalue weighted by atomic mass is 15.1. The summed E-state index contributed by atoms with van der Waals surface area (Å²) in [5.41, 5.74) is 5.88. The maximum Gasteiger partial charge on any atom is 0.0621 e. The van der Waals surface area contributed by atoms with Gasteiger partial charge in [0.05, 0.1) is 6.07 Å². The fourth-order valence-corrected chi connectivity index (χ4v) is 2.29. The molecule has 0 bridgehead atoms. The van der Waals surface area contributed by atoms with Gasteiger partial charge in [-0.05, 0) is 52.1 Å². The van der Waals surface area contributed by atoms with Crippen molar-refractivity contribution in [3.05, 3.63) is 0 Å². The largest absolute Gasteiger partial charge is 0.328 e. The van der Waals surface area contributed by atoms with Gasteiger partial charge in [-0.25, -0.2) is 0 Å². The minimum absolute atomic E-state index is 0.438. The molecule has 3 nitrogen and oxygen atoms in total. The third-order valence-corrected chi connectivity index (χ3v) is 3.41. The zero-order chi connectivity index (χ0) is 11.1. The molecule has 0 radical (unpaired) electrons. The summed E-state index contributed by atoms with van der Waals surface area (Å²) < 4.78 is 0. The SMILES string of the molecule is CN(CCCCC#N)C1CCC(N)CC1. The molecule has 0 spiro atoms. The van der Waals surface area contributed by atoms with Crippen LogP contribution < -0.4 is 5.73 Å². The molecule has 0 aromatic heterocycles. The normalized spacial score (nSPS) is 26.5. The molecule has 3 heteroatoms. The van der Waals surface area contributed by atoms with Crippen LogP contribution in [0.1, 0.15) is 44.9 Å². The molecule has 1 aliphatic carbocycles. The van der Waals surface area contributed by atoms with E-state index in [2.05, 4.69) is 18.0 Å². The van der Waals surface area contributed by atoms with Crippen LogP contribution in [0.5, 0.6) is 0 Å². The predicted molar refractivity (Wildman–Crippen MR) is 62.3 cm³/mol. The molecule has 0 saturated heterocycles. The number of nitrogens with two attached hydrogens (primary N) is 1. The Morgan fingerprint density at radius 2 is 1.93 bits per heavy atom. The first-order valence-corrected chi connectivity index (χ1v) is 6.07. The Balaban J connectivity index is 2.11. The van der Waals surface area contributed by atoms with E-state index in [1.165, 1.54) is 25.7 Å². The molecular weight excluding hydrogens is 186 g/mol. The summed E-state index contributed by atoms with van der Waals surface area (Å²) in [4.78, 5) is 2.45. The van der Waals surface area contributed by atoms with E-state index in [0.29, 0.717) is 12.5 Å². The first-order chi connectivity index (χ1) is 7.24. The second-order valence-corrected chi connectivity index (χ2v) is 4.66. The maximum atomic E-state index is 8.43. The van der Waals surface area contributed by atoms with Crippen molar-refractivity contribution in [3.63, 3.8) is 0 Å². The standard InChI is InChI=1S/C12H23N3/c1-15(10-4-2-3-9-13)12-7-5-11(14)6-8-12/h11-12H,2-8,10,14H2,1H3. The van der Waals surface area contributed by atoms with Crippen molar-refractivity contribution in [3.8, 4) is 6.07 Å². The van der Waals surface area contributed by atoms with Gasteiger partial charge in [0.1, 0.15) is 0 Å². The zero-order valence-electron chi connectivity index (χ0n) is 9.78. The average Bonchev–Trinajstić information content (AvgIpc) is 2.25. The van der Waals surface area contributed by atoms with E-state index >= 15 is 0 Å². The minimum atomic E-state index is 0.438. The Kier molecular flexibility index (Phi) is 5.67. The monoisotopic (exact) mass is 209 g/mol. The highest BCUT2D eigenvalue weighted by molar-refractivity contribution is 4.79. The van der Waals surface area contributed by atoms with Crippen LogP contribution in [0.2, 0.25) is 0 Å². The molecule has 86 valence electrons. The van der Waals surface area contributed by atoms with Crippen molar-refractivity contribution in [1.82, 2.24) is 4.90 Å². The minimum Gasteiger partial charge on any atom is -0.328 e. The molecule has 2 N–H and O–H groups in total. The number of hydrogen-bond acceptors (Lipinski definition) is 3. The highest BCUT2D eigenvalue weighted by Crippen LogP contribution is 2.21. The third kappa shape index (κ3) is 4.63. The number of nitrogens with zero attached hydrogens (tertiary/aromatic N) is 2. The Morgan fingerprint density at radius 3 is 2.53 bits per heavy atom. The molecule has 0 unspecified atom stereocenters. The number of nitriles is 1. The van der Waals surface area contributed by atoms with Crippen molar-refractivity contribution < 1.29 is 0 Å². The molecule has 0 aromatic rings. The van der Waals surface area contributed by atoms with Crippen molar-refractivity contribution in [2.45, 2.75) is 57.0 Å². The van der Waals surface area contributed by atoms with Crippen LogP contribution in [0.15, 0.2) is 0 Å². The number of unbranched alkanes of at least 4 members (excludes halogenated alkanes) is 2. The lowest BCUT2D eigenvalue weighted by atomic mass is 9.91. The van der Waals surface area contributed by atoms with Crippen molar-refractivity contribution >= 4 is 0 Å². The van der Waals surface area contributed by atoms with Crippen LogP contribution in [0.4, 0.5) is 0 Å². The smallest absolute Gasteiger partial charge is 0.0621 e. The molecule has 0 heterocycles. The number of rotatable bonds is 5. The summed E-state index contributed by atoms with van der Waals surface area (Å²) >= 11 is 0. The number of hydrogen-bond donors (Lipinski definition) is 1. The van der Waals surface area contributed by atoms with E-state index in [1.807, 2.05) is 0 Å². The maximum absolute atomic E-state index is 8.43. The predicted octanol–water partition coefficient (Wildman–Crippen LogP) is 1.88. The summed E-state index contributed by atoms with van der Waals surface area (Å²) in [6.07, 6.45) is 7.72. The second-order valence-electron chi connectivity index (χ2n) is 4.66. The molecule has 1 aliphatic rings. The molecule has 15 heavy (non-hydrogen) atoms. The molecule has 1 rings (SSSR count). The van der Waals surface area contributed by atoms with Crippen molar-refractivity contribution in [2.75, 3.05) is 13.6 Å². The zero-order valence-corrected chi connectivity index (χ0v) is 9.78. The van der Waals surface area contributed by atoms with Gasteiger partial charge in [0.2, 0.25) is 0 Å². The van der Waals surface area contributed by atoms with E-state index in [0.717, 1.165) is 25.4 Å². The molecule has 0 amide bonds. The van der Waals surface area contributed by atoms with Crippen LogP contribution in [0, 0.1) is 11.3 Å². The van der Waals surface area contributed by atoms with E-state index in [4.69, 9.17) is 11.0 Å². The van der Waals surface area contributed by atoms with Gasteiger partial charge >= 0.3 is 0 Å². The summed E-state index contributed by atoms with van der Waals surface area (Å²) in [7, 11) is 2.20. The van der Waals surface area contributed by atoms with Gasteiger partial charge in [0.15, 0.2) is 0 Å². The first-order valence-electron chi connectivity index (χ1n) is 6.07. The van der Waals surface area contributed by atoms with Crippen LogP contribution in [0.3, 0.4) is 0 Å². The van der Waals surface area contributed by atoms with Crippen molar-refractivity contribution in [1.29, 1.82) is 5.26 Å². The van der Waals surface area contributed by atoms with E-state index < -0.39 is 0 Å². The van der Waals surface area contributed by atoms with Crippen LogP contribution in [-0.4, -0.2) is 30.6 Å². The molecule has 1 fully saturated rings. The fourth-order valence-electron chi connectivity index (χ4n) is 2.29. The quantitative estimate of drug-likeness (QED) is 0.703. The fraction of sp³-hybridized carbons (Fsp3) is 0.917. The van der Waals surface area contributed by atoms with Gasteiger partial charge in [0, 0.05) is 18.5 Å². The van der Waals surface area contributed by atoms with E-state index in [1.54, 1.807) is 0 Å². The molecule has 0 aromatic carbocycles. The van der Waals surface area contributed by atoms with Crippen LogP contribution in [0.25, 0.3) is 0 Å². The van der Waals surface area contributed by atoms with Gasteiger partial charge in [-0.2, -0.15) is 5.26 Å². The van der Waals surface area contributed by atoms with Gasteiger partial charge < -0.3 is 10.6 Å². The lowest BCUT2D eigenvalue weighted by Crippen LogP contribution is -2.39. The molecule has 0 atom stereocenters. The summed E-state index contributed by atoms with van der Waals surface area (Å²) in [6.45, 7) is 1.13. The molecule has 1 saturated carbocycles. The van der Waals surface area contributed by atoms with Crippen LogP contribution >= 0.6 is 0 Å². The lowest BCUT2D eigenvalue weighted by Gasteiger charge is -2.33. The molecule has 0 aliphatic heterocycles. The van der Waals surface area contributed by atoms with E-state index in [-0.39, 0.29) is 0 Å². The highest BCUT2D eigenvalue weighted by Gasteiger charge is 2.21. The Labute approximate surface area is 93.2 Å². The average molecular weight is 209 g/mol. The topological polar surface area (TPSA) is 53.0 Å². The first kappa shape index (κ1) is 12.5. The summed E-state index contributed by atoms with van der Waals surface area (Å²) in [5, 5.41) is 8.43. The Hall–Kier alpha value is -0.590. The van der Waals surface area contributed by atoms with Crippen molar-refractivity contribution in [2.24, 2.45) is 5.73 Å². The van der Waals surface area contributed by atoms with Gasteiger partial charge in [-0.15, -0.1) is 0 Å². The lowest BCUT2D eigenvalue weighted by molar-refractivity contribution is 0.180.